The summed E-state index contributed by atoms with van der Waals surface area (Å²) in [5, 5.41) is 2.45. The maximum absolute atomic E-state index is 13.4. The first kappa shape index (κ1) is 18.7. The summed E-state index contributed by atoms with van der Waals surface area (Å²) in [7, 11) is 0. The molecule has 3 aromatic rings. The number of aromatic nitrogens is 2. The fraction of sp³-hybridized carbons (Fsp3) is 0.222. The van der Waals surface area contributed by atoms with E-state index < -0.39 is 30.3 Å². The van der Waals surface area contributed by atoms with Crippen molar-refractivity contribution in [3.8, 4) is 5.75 Å². The second kappa shape index (κ2) is 7.65. The molecular formula is C18H15F4N3O2. The maximum Gasteiger partial charge on any atom is 0.449 e. The van der Waals surface area contributed by atoms with Gasteiger partial charge in [-0.2, -0.15) is 13.2 Å². The molecule has 0 spiro atoms. The van der Waals surface area contributed by atoms with E-state index in [-0.39, 0.29) is 29.9 Å². The zero-order valence-electron chi connectivity index (χ0n) is 14.0. The Labute approximate surface area is 151 Å². The molecule has 0 saturated carbocycles. The van der Waals surface area contributed by atoms with Crippen LogP contribution in [-0.2, 0) is 17.5 Å². The highest BCUT2D eigenvalue weighted by atomic mass is 19.4. The molecule has 5 nitrogen and oxygen atoms in total. The summed E-state index contributed by atoms with van der Waals surface area (Å²) in [6.45, 7) is -0.556. The van der Waals surface area contributed by atoms with E-state index in [4.69, 9.17) is 4.74 Å². The predicted octanol–water partition coefficient (Wildman–Crippen LogP) is 3.39. The number of nitrogens with one attached hydrogen (secondary N) is 1. The molecule has 1 aromatic heterocycles. The normalized spacial score (nSPS) is 11.6. The van der Waals surface area contributed by atoms with Gasteiger partial charge in [0, 0.05) is 0 Å². The Morgan fingerprint density at radius 1 is 1.11 bits per heavy atom. The number of hydrogen-bond donors (Lipinski definition) is 1. The summed E-state index contributed by atoms with van der Waals surface area (Å²) in [5.41, 5.74) is 0.364. The molecule has 27 heavy (non-hydrogen) atoms. The van der Waals surface area contributed by atoms with Crippen molar-refractivity contribution in [2.75, 3.05) is 13.2 Å². The molecule has 0 radical (unpaired) electrons. The molecule has 1 N–H and O–H groups in total. The number of carbonyl (C=O) groups excluding carboxylic acids is 1. The third-order valence-electron chi connectivity index (χ3n) is 3.73. The number of carbonyl (C=O) groups is 1. The molecule has 0 bridgehead atoms. The van der Waals surface area contributed by atoms with Crippen LogP contribution in [0.15, 0.2) is 48.5 Å². The summed E-state index contributed by atoms with van der Waals surface area (Å²) in [6.07, 6.45) is -4.69. The van der Waals surface area contributed by atoms with Crippen LogP contribution < -0.4 is 10.1 Å². The second-order valence-electron chi connectivity index (χ2n) is 5.64. The van der Waals surface area contributed by atoms with E-state index in [1.165, 1.54) is 30.3 Å². The van der Waals surface area contributed by atoms with E-state index in [0.717, 1.165) is 4.57 Å². The lowest BCUT2D eigenvalue weighted by Gasteiger charge is -2.12. The van der Waals surface area contributed by atoms with Crippen molar-refractivity contribution < 1.29 is 27.1 Å². The number of fused-ring (bicyclic) bond motifs is 1. The Morgan fingerprint density at radius 3 is 2.56 bits per heavy atom. The van der Waals surface area contributed by atoms with Gasteiger partial charge < -0.3 is 14.6 Å². The fourth-order valence-corrected chi connectivity index (χ4v) is 2.56. The number of alkyl halides is 3. The van der Waals surface area contributed by atoms with E-state index in [0.29, 0.717) is 0 Å². The molecule has 0 unspecified atom stereocenters. The van der Waals surface area contributed by atoms with Gasteiger partial charge in [0.15, 0.2) is 11.6 Å². The summed E-state index contributed by atoms with van der Waals surface area (Å²) < 4.78 is 59.0. The highest BCUT2D eigenvalue weighted by Gasteiger charge is 2.37. The SMILES string of the molecule is O=C(Cn1c(C(F)(F)F)nc2ccccc21)NCCOc1ccccc1F. The summed E-state index contributed by atoms with van der Waals surface area (Å²) in [4.78, 5) is 15.6. The minimum atomic E-state index is -4.69. The van der Waals surface area contributed by atoms with Gasteiger partial charge in [-0.15, -0.1) is 0 Å². The van der Waals surface area contributed by atoms with Crippen LogP contribution in [0.1, 0.15) is 5.82 Å². The van der Waals surface area contributed by atoms with Gasteiger partial charge in [-0.1, -0.05) is 24.3 Å². The first-order valence-electron chi connectivity index (χ1n) is 8.03. The first-order chi connectivity index (χ1) is 12.9. The van der Waals surface area contributed by atoms with Crippen molar-refractivity contribution in [2.45, 2.75) is 12.7 Å². The van der Waals surface area contributed by atoms with Crippen molar-refractivity contribution in [1.29, 1.82) is 0 Å². The van der Waals surface area contributed by atoms with Crippen LogP contribution in [0.3, 0.4) is 0 Å². The lowest BCUT2D eigenvalue weighted by molar-refractivity contribution is -0.147. The number of ether oxygens (including phenoxy) is 1. The molecular weight excluding hydrogens is 366 g/mol. The lowest BCUT2D eigenvalue weighted by atomic mass is 10.3. The molecule has 0 fully saturated rings. The van der Waals surface area contributed by atoms with Crippen molar-refractivity contribution in [1.82, 2.24) is 14.9 Å². The minimum Gasteiger partial charge on any atom is -0.489 e. The van der Waals surface area contributed by atoms with Crippen LogP contribution in [0.2, 0.25) is 0 Å². The first-order valence-corrected chi connectivity index (χ1v) is 8.03. The molecule has 0 aliphatic heterocycles. The van der Waals surface area contributed by atoms with Gasteiger partial charge in [0.1, 0.15) is 13.2 Å². The molecule has 1 heterocycles. The van der Waals surface area contributed by atoms with Crippen LogP contribution in [0, 0.1) is 5.82 Å². The van der Waals surface area contributed by atoms with E-state index in [9.17, 15) is 22.4 Å². The Balaban J connectivity index is 1.63. The second-order valence-corrected chi connectivity index (χ2v) is 5.64. The van der Waals surface area contributed by atoms with Crippen molar-refractivity contribution in [3.63, 3.8) is 0 Å². The Morgan fingerprint density at radius 2 is 1.81 bits per heavy atom. The van der Waals surface area contributed by atoms with Gasteiger partial charge in [0.05, 0.1) is 17.6 Å². The average molecular weight is 381 g/mol. The highest BCUT2D eigenvalue weighted by molar-refractivity contribution is 5.81. The number of hydrogen-bond acceptors (Lipinski definition) is 3. The van der Waals surface area contributed by atoms with Crippen LogP contribution in [-0.4, -0.2) is 28.6 Å². The minimum absolute atomic E-state index is 0.0150. The lowest BCUT2D eigenvalue weighted by Crippen LogP contribution is -2.32. The maximum atomic E-state index is 13.4. The molecule has 9 heteroatoms. The number of para-hydroxylation sites is 3. The zero-order valence-corrected chi connectivity index (χ0v) is 14.0. The summed E-state index contributed by atoms with van der Waals surface area (Å²) >= 11 is 0. The summed E-state index contributed by atoms with van der Waals surface area (Å²) in [6, 6.07) is 11.8. The van der Waals surface area contributed by atoms with Gasteiger partial charge in [-0.25, -0.2) is 9.37 Å². The van der Waals surface area contributed by atoms with Gasteiger partial charge in [-0.3, -0.25) is 4.79 Å². The van der Waals surface area contributed by atoms with Crippen LogP contribution in [0.4, 0.5) is 17.6 Å². The quantitative estimate of drug-likeness (QED) is 0.526. The molecule has 0 atom stereocenters. The van der Waals surface area contributed by atoms with E-state index in [1.54, 1.807) is 18.2 Å². The molecule has 0 aliphatic rings. The average Bonchev–Trinajstić information content (AvgIpc) is 2.99. The molecule has 142 valence electrons. The third kappa shape index (κ3) is 4.36. The zero-order chi connectivity index (χ0) is 19.4. The predicted molar refractivity (Wildman–Crippen MR) is 89.6 cm³/mol. The topological polar surface area (TPSA) is 56.2 Å². The number of benzene rings is 2. The number of imidazole rings is 1. The number of rotatable bonds is 6. The van der Waals surface area contributed by atoms with Crippen molar-refractivity contribution >= 4 is 16.9 Å². The number of nitrogens with zero attached hydrogens (tertiary/aromatic N) is 2. The standard InChI is InChI=1S/C18H15F4N3O2/c19-12-5-1-4-8-15(12)27-10-9-23-16(26)11-25-14-7-3-2-6-13(14)24-17(25)18(20,21)22/h1-8H,9-11H2,(H,23,26). The molecule has 2 aromatic carbocycles. The van der Waals surface area contributed by atoms with Gasteiger partial charge >= 0.3 is 6.18 Å². The van der Waals surface area contributed by atoms with E-state index in [1.807, 2.05) is 0 Å². The smallest absolute Gasteiger partial charge is 0.449 e. The Bertz CT molecular complexity index is 953. The highest BCUT2D eigenvalue weighted by Crippen LogP contribution is 2.31. The van der Waals surface area contributed by atoms with Crippen molar-refractivity contribution in [2.24, 2.45) is 0 Å². The van der Waals surface area contributed by atoms with Crippen LogP contribution >= 0.6 is 0 Å². The van der Waals surface area contributed by atoms with E-state index >= 15 is 0 Å². The van der Waals surface area contributed by atoms with Crippen molar-refractivity contribution in [3.05, 3.63) is 60.2 Å². The van der Waals surface area contributed by atoms with Gasteiger partial charge in [-0.05, 0) is 24.3 Å². The number of halogens is 4. The van der Waals surface area contributed by atoms with Crippen LogP contribution in [0.25, 0.3) is 11.0 Å². The Kier molecular flexibility index (Phi) is 5.29. The van der Waals surface area contributed by atoms with Gasteiger partial charge in [0.2, 0.25) is 11.7 Å². The van der Waals surface area contributed by atoms with Gasteiger partial charge in [0.25, 0.3) is 0 Å². The van der Waals surface area contributed by atoms with E-state index in [2.05, 4.69) is 10.3 Å². The molecule has 0 aliphatic carbocycles. The molecule has 3 rings (SSSR count). The molecule has 1 amide bonds. The largest absolute Gasteiger partial charge is 0.489 e. The third-order valence-corrected chi connectivity index (χ3v) is 3.73. The monoisotopic (exact) mass is 381 g/mol. The number of amides is 1. The molecule has 0 saturated heterocycles. The Hall–Kier alpha value is -3.10. The van der Waals surface area contributed by atoms with Crippen LogP contribution in [0.5, 0.6) is 5.75 Å². The fourth-order valence-electron chi connectivity index (χ4n) is 2.56. The summed E-state index contributed by atoms with van der Waals surface area (Å²) in [5.74, 6) is -2.28.